The van der Waals surface area contributed by atoms with Crippen molar-refractivity contribution in [2.45, 2.75) is 0 Å². The molecule has 0 saturated heterocycles. The van der Waals surface area contributed by atoms with Crippen LogP contribution in [0.4, 0.5) is 17.6 Å². The van der Waals surface area contributed by atoms with E-state index in [1.54, 1.807) is 48.5 Å². The van der Waals surface area contributed by atoms with Gasteiger partial charge >= 0.3 is 22.4 Å². The van der Waals surface area contributed by atoms with E-state index in [0.717, 1.165) is 0 Å². The zero-order chi connectivity index (χ0) is 20.4. The summed E-state index contributed by atoms with van der Waals surface area (Å²) in [5, 5.41) is 0. The number of rotatable bonds is 4. The molecule has 0 aliphatic carbocycles. The van der Waals surface area contributed by atoms with Crippen molar-refractivity contribution in [3.8, 4) is 0 Å². The molecule has 0 saturated carbocycles. The van der Waals surface area contributed by atoms with E-state index in [-0.39, 0.29) is 22.4 Å². The SMILES string of the molecule is Fc1cccc([B-](c2cccc(F)c2)(c2cccc(F)c2)c2cccc(F)c2)c1.[Ag+]. The Balaban J connectivity index is 0.00000256. The summed E-state index contributed by atoms with van der Waals surface area (Å²) < 4.78 is 57.1. The van der Waals surface area contributed by atoms with Crippen molar-refractivity contribution in [3.63, 3.8) is 0 Å². The fraction of sp³-hybridized carbons (Fsp3) is 0. The van der Waals surface area contributed by atoms with Crippen LogP contribution in [0.2, 0.25) is 0 Å². The Kier molecular flexibility index (Phi) is 6.66. The van der Waals surface area contributed by atoms with Crippen LogP contribution in [0.5, 0.6) is 0 Å². The summed E-state index contributed by atoms with van der Waals surface area (Å²) in [6.45, 7) is 0. The summed E-state index contributed by atoms with van der Waals surface area (Å²) in [5.41, 5.74) is 1.97. The second-order valence-corrected chi connectivity index (χ2v) is 7.09. The summed E-state index contributed by atoms with van der Waals surface area (Å²) in [7, 11) is 0. The topological polar surface area (TPSA) is 0 Å². The van der Waals surface area contributed by atoms with Gasteiger partial charge in [-0.25, -0.2) is 17.6 Å². The van der Waals surface area contributed by atoms with Crippen molar-refractivity contribution in [3.05, 3.63) is 120 Å². The molecule has 0 aromatic heterocycles. The van der Waals surface area contributed by atoms with Gasteiger partial charge in [-0.15, -0.1) is 0 Å². The Morgan fingerprint density at radius 1 is 0.400 bits per heavy atom. The minimum absolute atomic E-state index is 0. The van der Waals surface area contributed by atoms with Crippen LogP contribution in [-0.2, 0) is 22.4 Å². The zero-order valence-electron chi connectivity index (χ0n) is 15.6. The van der Waals surface area contributed by atoms with E-state index in [1.807, 2.05) is 0 Å². The van der Waals surface area contributed by atoms with E-state index < -0.39 is 29.4 Å². The molecule has 0 unspecified atom stereocenters. The molecule has 0 bridgehead atoms. The molecular formula is C24H16AgBF4. The fourth-order valence-corrected chi connectivity index (χ4v) is 4.26. The standard InChI is InChI=1S/C24H16BF4.Ag/c26-21-9-1-5-17(13-21)25(18-6-2-10-22(27)14-18,19-7-3-11-23(28)15-19)20-8-4-12-24(29)16-20;/h1-16H;/q-1;+1. The predicted octanol–water partition coefficient (Wildman–Crippen LogP) is 3.62. The number of benzene rings is 4. The third kappa shape index (κ3) is 4.01. The van der Waals surface area contributed by atoms with Gasteiger partial charge in [-0.1, -0.05) is 72.8 Å². The number of halogens is 4. The van der Waals surface area contributed by atoms with E-state index in [9.17, 15) is 17.6 Å². The molecule has 4 rings (SSSR count). The van der Waals surface area contributed by atoms with Crippen LogP contribution in [0.3, 0.4) is 0 Å². The van der Waals surface area contributed by atoms with Gasteiger partial charge in [0.1, 0.15) is 29.4 Å². The van der Waals surface area contributed by atoms with Crippen molar-refractivity contribution in [2.24, 2.45) is 0 Å². The third-order valence-electron chi connectivity index (χ3n) is 5.39. The van der Waals surface area contributed by atoms with Gasteiger partial charge in [0.15, 0.2) is 0 Å². The second kappa shape index (κ2) is 9.05. The Morgan fingerprint density at radius 3 is 0.833 bits per heavy atom. The van der Waals surface area contributed by atoms with Crippen molar-refractivity contribution in [1.29, 1.82) is 0 Å². The van der Waals surface area contributed by atoms with Crippen LogP contribution >= 0.6 is 0 Å². The van der Waals surface area contributed by atoms with E-state index in [2.05, 4.69) is 0 Å². The normalized spacial score (nSPS) is 11.1. The van der Waals surface area contributed by atoms with Gasteiger partial charge in [-0.2, -0.15) is 21.9 Å². The van der Waals surface area contributed by atoms with Crippen molar-refractivity contribution >= 4 is 28.0 Å². The second-order valence-electron chi connectivity index (χ2n) is 7.09. The smallest absolute Gasteiger partial charge is 0.207 e. The average Bonchev–Trinajstić information content (AvgIpc) is 2.69. The molecule has 0 fully saturated rings. The number of hydrogen-bond acceptors (Lipinski definition) is 0. The molecule has 0 amide bonds. The first-order chi connectivity index (χ1) is 14.0. The van der Waals surface area contributed by atoms with Crippen LogP contribution in [0.25, 0.3) is 0 Å². The first-order valence-electron chi connectivity index (χ1n) is 9.20. The van der Waals surface area contributed by atoms with Crippen LogP contribution in [0, 0.1) is 23.3 Å². The van der Waals surface area contributed by atoms with Gasteiger partial charge in [0.05, 0.1) is 0 Å². The fourth-order valence-electron chi connectivity index (χ4n) is 4.26. The van der Waals surface area contributed by atoms with Crippen LogP contribution in [-0.4, -0.2) is 6.15 Å². The molecular weight excluding hydrogens is 483 g/mol. The molecule has 6 heteroatoms. The van der Waals surface area contributed by atoms with Gasteiger partial charge in [-0.3, -0.25) is 0 Å². The summed E-state index contributed by atoms with van der Waals surface area (Å²) in [6, 6.07) is 23.5. The van der Waals surface area contributed by atoms with Crippen molar-refractivity contribution < 1.29 is 39.9 Å². The molecule has 0 spiro atoms. The average molecular weight is 499 g/mol. The first-order valence-corrected chi connectivity index (χ1v) is 9.20. The van der Waals surface area contributed by atoms with E-state index in [0.29, 0.717) is 21.9 Å². The Hall–Kier alpha value is -2.59. The molecule has 0 N–H and O–H groups in total. The minimum atomic E-state index is -2.25. The monoisotopic (exact) mass is 498 g/mol. The molecule has 30 heavy (non-hydrogen) atoms. The molecule has 154 valence electrons. The molecule has 4 aromatic carbocycles. The van der Waals surface area contributed by atoms with E-state index >= 15 is 0 Å². The van der Waals surface area contributed by atoms with Gasteiger partial charge in [0, 0.05) is 0 Å². The Labute approximate surface area is 188 Å². The summed E-state index contributed by atoms with van der Waals surface area (Å²) >= 11 is 0. The maximum Gasteiger partial charge on any atom is 1.00 e. The van der Waals surface area contributed by atoms with Crippen molar-refractivity contribution in [1.82, 2.24) is 0 Å². The number of hydrogen-bond donors (Lipinski definition) is 0. The molecule has 0 aliphatic heterocycles. The Bertz CT molecular complexity index is 991. The van der Waals surface area contributed by atoms with E-state index in [1.165, 1.54) is 48.5 Å². The molecule has 0 heterocycles. The zero-order valence-corrected chi connectivity index (χ0v) is 17.1. The molecule has 0 atom stereocenters. The van der Waals surface area contributed by atoms with Crippen molar-refractivity contribution in [2.75, 3.05) is 0 Å². The first kappa shape index (κ1) is 22.1. The largest absolute Gasteiger partial charge is 1.00 e. The minimum Gasteiger partial charge on any atom is -0.207 e. The van der Waals surface area contributed by atoms with Gasteiger partial charge in [0.25, 0.3) is 0 Å². The molecule has 0 nitrogen and oxygen atoms in total. The van der Waals surface area contributed by atoms with Crippen LogP contribution in [0.15, 0.2) is 97.1 Å². The third-order valence-corrected chi connectivity index (χ3v) is 5.39. The Morgan fingerprint density at radius 2 is 0.633 bits per heavy atom. The van der Waals surface area contributed by atoms with E-state index in [4.69, 9.17) is 0 Å². The van der Waals surface area contributed by atoms with Gasteiger partial charge < -0.3 is 0 Å². The van der Waals surface area contributed by atoms with Crippen LogP contribution < -0.4 is 21.9 Å². The van der Waals surface area contributed by atoms with Gasteiger partial charge in [-0.05, 0) is 24.3 Å². The molecule has 0 aliphatic rings. The maximum absolute atomic E-state index is 14.3. The molecule has 0 radical (unpaired) electrons. The van der Waals surface area contributed by atoms with Gasteiger partial charge in [0.2, 0.25) is 0 Å². The quantitative estimate of drug-likeness (QED) is 0.298. The predicted molar refractivity (Wildman–Crippen MR) is 110 cm³/mol. The summed E-state index contributed by atoms with van der Waals surface area (Å²) in [4.78, 5) is 0. The van der Waals surface area contributed by atoms with Crippen LogP contribution in [0.1, 0.15) is 0 Å². The molecule has 4 aromatic rings. The summed E-state index contributed by atoms with van der Waals surface area (Å²) in [6.07, 6.45) is -2.25. The maximum atomic E-state index is 14.3. The summed E-state index contributed by atoms with van der Waals surface area (Å²) in [5.74, 6) is -1.95.